The van der Waals surface area contributed by atoms with Crippen molar-refractivity contribution in [3.05, 3.63) is 186 Å². The van der Waals surface area contributed by atoms with E-state index in [-0.39, 0.29) is 23.6 Å². The van der Waals surface area contributed by atoms with E-state index >= 15 is 0 Å². The quantitative estimate of drug-likeness (QED) is 0.0594. The molecule has 1 saturated heterocycles. The van der Waals surface area contributed by atoms with Gasteiger partial charge in [0.15, 0.2) is 0 Å². The first kappa shape index (κ1) is 39.4. The molecule has 2 unspecified atom stereocenters. The second kappa shape index (κ2) is 16.6. The van der Waals surface area contributed by atoms with Crippen LogP contribution in [0.4, 0.5) is 0 Å². The SMILES string of the molecule is NC(=O)C(=O)c1c[nH]c2ccccc12.O=C1NC(c2c[nH]c3ccccc23)CNC1c1c[nH]c2ccccc12.O=c1[nH]c(-c2c[nH]c3ccccc23)cnc1-c1c[nH]c2ccccc12. The molecule has 0 saturated carbocycles. The number of para-hydroxylation sites is 5. The van der Waals surface area contributed by atoms with Crippen LogP contribution in [0.1, 0.15) is 33.6 Å². The largest absolute Gasteiger partial charge is 0.363 e. The maximum absolute atomic E-state index is 12.8. The Morgan fingerprint density at radius 2 is 1.02 bits per heavy atom. The first-order chi connectivity index (χ1) is 31.3. The number of carbonyl (C=O) groups excluding carboxylic acids is 3. The van der Waals surface area contributed by atoms with E-state index in [1.54, 1.807) is 18.3 Å². The van der Waals surface area contributed by atoms with Gasteiger partial charge in [-0.3, -0.25) is 24.5 Å². The van der Waals surface area contributed by atoms with Gasteiger partial charge in [0, 0.05) is 114 Å². The zero-order valence-corrected chi connectivity index (χ0v) is 34.0. The summed E-state index contributed by atoms with van der Waals surface area (Å²) in [6.45, 7) is 0.692. The molecule has 7 heterocycles. The predicted molar refractivity (Wildman–Crippen MR) is 249 cm³/mol. The Bertz CT molecular complexity index is 3590. The summed E-state index contributed by atoms with van der Waals surface area (Å²) in [5.74, 6) is -1.59. The predicted octanol–water partition coefficient (Wildman–Crippen LogP) is 8.05. The molecule has 10 N–H and O–H groups in total. The zero-order valence-electron chi connectivity index (χ0n) is 34.0. The number of benzene rings is 5. The van der Waals surface area contributed by atoms with E-state index in [1.807, 2.05) is 128 Å². The summed E-state index contributed by atoms with van der Waals surface area (Å²) < 4.78 is 0. The van der Waals surface area contributed by atoms with Crippen LogP contribution in [0.15, 0.2) is 163 Å². The van der Waals surface area contributed by atoms with Gasteiger partial charge in [0.05, 0.1) is 23.5 Å². The van der Waals surface area contributed by atoms with Gasteiger partial charge in [-0.15, -0.1) is 0 Å². The standard InChI is InChI=1S/C20H18N4O.C20H14N4O.C10H8N2O2/c2*25-20-19(15-10-22-17-8-4-2-6-13(15)17)23-11-18(24-20)14-9-21-16-7-3-1-5-12(14)16;11-10(14)9(13)7-5-12-8-4-2-1-3-6(7)8/h1-10,18-19,21-23H,11H2,(H,24,25);1-11,21-22H,(H,24,25);1-5,12H,(H2,11,14). The van der Waals surface area contributed by atoms with Gasteiger partial charge in [-0.25, -0.2) is 4.98 Å². The van der Waals surface area contributed by atoms with Crippen molar-refractivity contribution >= 4 is 72.1 Å². The number of nitrogens with one attached hydrogen (secondary N) is 8. The van der Waals surface area contributed by atoms with Crippen molar-refractivity contribution in [3.63, 3.8) is 0 Å². The van der Waals surface area contributed by atoms with Crippen LogP contribution < -0.4 is 21.9 Å². The second-order valence-corrected chi connectivity index (χ2v) is 15.4. The summed E-state index contributed by atoms with van der Waals surface area (Å²) >= 11 is 0. The number of amides is 2. The number of fused-ring (bicyclic) bond motifs is 5. The molecule has 2 amide bonds. The van der Waals surface area contributed by atoms with E-state index in [0.29, 0.717) is 23.5 Å². The van der Waals surface area contributed by atoms with Crippen LogP contribution in [-0.2, 0) is 9.59 Å². The Labute approximate surface area is 363 Å². The van der Waals surface area contributed by atoms with Crippen LogP contribution in [0.3, 0.4) is 0 Å². The summed E-state index contributed by atoms with van der Waals surface area (Å²) in [5.41, 5.74) is 15.0. The van der Waals surface area contributed by atoms with E-state index < -0.39 is 11.7 Å². The number of aromatic nitrogens is 7. The fraction of sp³-hybridized carbons (Fsp3) is 0.0600. The molecule has 2 atom stereocenters. The number of hydrogen-bond donors (Lipinski definition) is 9. The number of H-pyrrole nitrogens is 6. The van der Waals surface area contributed by atoms with Crippen LogP contribution in [0, 0.1) is 0 Å². The van der Waals surface area contributed by atoms with E-state index in [9.17, 15) is 19.2 Å². The second-order valence-electron chi connectivity index (χ2n) is 15.4. The minimum absolute atomic E-state index is 0.00582. The van der Waals surface area contributed by atoms with Crippen LogP contribution >= 0.6 is 0 Å². The molecule has 0 aliphatic carbocycles. The molecular formula is C50H40N10O4. The van der Waals surface area contributed by atoms with E-state index in [1.165, 1.54) is 6.20 Å². The molecule has 1 fully saturated rings. The Kier molecular flexibility index (Phi) is 10.2. The number of rotatable bonds is 6. The van der Waals surface area contributed by atoms with Gasteiger partial charge in [-0.1, -0.05) is 91.0 Å². The topological polar surface area (TPSA) is 226 Å². The van der Waals surface area contributed by atoms with E-state index in [4.69, 9.17) is 5.73 Å². The number of primary amides is 1. The minimum atomic E-state index is -0.935. The van der Waals surface area contributed by atoms with Crippen LogP contribution in [-0.4, -0.2) is 59.0 Å². The van der Waals surface area contributed by atoms with Gasteiger partial charge >= 0.3 is 0 Å². The maximum Gasteiger partial charge on any atom is 0.289 e. The number of Topliss-reactive ketones (excluding diaryl/α,β-unsaturated/α-hetero) is 1. The summed E-state index contributed by atoms with van der Waals surface area (Å²) in [7, 11) is 0. The number of hydrogen-bond acceptors (Lipinski definition) is 6. The highest BCUT2D eigenvalue weighted by Crippen LogP contribution is 2.31. The molecule has 6 aromatic heterocycles. The lowest BCUT2D eigenvalue weighted by atomic mass is 9.98. The highest BCUT2D eigenvalue weighted by molar-refractivity contribution is 6.44. The fourth-order valence-corrected chi connectivity index (χ4v) is 8.47. The summed E-state index contributed by atoms with van der Waals surface area (Å²) in [6.07, 6.45) is 10.8. The van der Waals surface area contributed by atoms with Crippen molar-refractivity contribution in [2.24, 2.45) is 5.73 Å². The highest BCUT2D eigenvalue weighted by atomic mass is 16.2. The molecule has 1 aliphatic heterocycles. The van der Waals surface area contributed by atoms with Gasteiger partial charge in [-0.2, -0.15) is 0 Å². The maximum atomic E-state index is 12.8. The summed E-state index contributed by atoms with van der Waals surface area (Å²) in [5, 5.41) is 11.6. The average Bonchev–Trinajstić information content (AvgIpc) is 4.19. The highest BCUT2D eigenvalue weighted by Gasteiger charge is 2.32. The monoisotopic (exact) mass is 844 g/mol. The first-order valence-corrected chi connectivity index (χ1v) is 20.6. The molecule has 0 bridgehead atoms. The van der Waals surface area contributed by atoms with Gasteiger partial charge in [-0.05, 0) is 30.3 Å². The van der Waals surface area contributed by atoms with Crippen molar-refractivity contribution in [3.8, 4) is 22.5 Å². The fourth-order valence-electron chi connectivity index (χ4n) is 8.47. The number of nitrogens with two attached hydrogens (primary N) is 1. The normalized spacial score (nSPS) is 14.8. The Balaban J connectivity index is 0.000000119. The minimum Gasteiger partial charge on any atom is -0.363 e. The molecule has 314 valence electrons. The number of carbonyl (C=O) groups is 3. The van der Waals surface area contributed by atoms with E-state index in [0.717, 1.165) is 76.8 Å². The Morgan fingerprint density at radius 1 is 0.547 bits per heavy atom. The van der Waals surface area contributed by atoms with Crippen molar-refractivity contribution in [1.29, 1.82) is 0 Å². The Hall–Kier alpha value is -8.75. The third kappa shape index (κ3) is 7.29. The lowest BCUT2D eigenvalue weighted by molar-refractivity contribution is -0.125. The third-order valence-electron chi connectivity index (χ3n) is 11.6. The molecule has 0 radical (unpaired) electrons. The lowest BCUT2D eigenvalue weighted by Crippen LogP contribution is -2.49. The zero-order chi connectivity index (χ0) is 43.7. The molecule has 64 heavy (non-hydrogen) atoms. The molecule has 1 aliphatic rings. The molecule has 0 spiro atoms. The van der Waals surface area contributed by atoms with Crippen LogP contribution in [0.25, 0.3) is 77.0 Å². The molecule has 5 aromatic carbocycles. The van der Waals surface area contributed by atoms with Gasteiger partial charge in [0.1, 0.15) is 11.7 Å². The molecule has 14 nitrogen and oxygen atoms in total. The van der Waals surface area contributed by atoms with Crippen molar-refractivity contribution in [2.75, 3.05) is 6.54 Å². The molecule has 11 aromatic rings. The number of aromatic amines is 6. The van der Waals surface area contributed by atoms with Gasteiger partial charge in [0.25, 0.3) is 17.2 Å². The van der Waals surface area contributed by atoms with Gasteiger partial charge < -0.3 is 41.0 Å². The molecule has 12 rings (SSSR count). The third-order valence-corrected chi connectivity index (χ3v) is 11.6. The van der Waals surface area contributed by atoms with E-state index in [2.05, 4.69) is 51.6 Å². The number of ketones is 1. The molecule has 14 heteroatoms. The smallest absolute Gasteiger partial charge is 0.289 e. The Morgan fingerprint density at radius 3 is 1.61 bits per heavy atom. The summed E-state index contributed by atoms with van der Waals surface area (Å²) in [4.78, 5) is 70.7. The number of piperazine rings is 1. The summed E-state index contributed by atoms with van der Waals surface area (Å²) in [6, 6.07) is 38.9. The van der Waals surface area contributed by atoms with Gasteiger partial charge in [0.2, 0.25) is 5.91 Å². The van der Waals surface area contributed by atoms with Crippen LogP contribution in [0.2, 0.25) is 0 Å². The van der Waals surface area contributed by atoms with Crippen molar-refractivity contribution in [1.82, 2.24) is 45.5 Å². The first-order valence-electron chi connectivity index (χ1n) is 20.6. The van der Waals surface area contributed by atoms with Crippen molar-refractivity contribution < 1.29 is 14.4 Å². The average molecular weight is 845 g/mol. The molecular weight excluding hydrogens is 805 g/mol. The van der Waals surface area contributed by atoms with Crippen LogP contribution in [0.5, 0.6) is 0 Å². The lowest BCUT2D eigenvalue weighted by Gasteiger charge is -2.30. The number of nitrogens with zero attached hydrogens (tertiary/aromatic N) is 1. The van der Waals surface area contributed by atoms with Crippen molar-refractivity contribution in [2.45, 2.75) is 12.1 Å².